The maximum atomic E-state index is 5.86. The Kier molecular flexibility index (Phi) is 3.58. The van der Waals surface area contributed by atoms with Crippen molar-refractivity contribution in [1.82, 2.24) is 5.32 Å². The highest BCUT2D eigenvalue weighted by Crippen LogP contribution is 2.42. The Labute approximate surface area is 87.6 Å². The Morgan fingerprint density at radius 3 is 2.50 bits per heavy atom. The van der Waals surface area contributed by atoms with Crippen molar-refractivity contribution < 1.29 is 0 Å². The predicted octanol–water partition coefficient (Wildman–Crippen LogP) is 1.51. The van der Waals surface area contributed by atoms with Gasteiger partial charge in [-0.1, -0.05) is 19.8 Å². The van der Waals surface area contributed by atoms with Crippen molar-refractivity contribution in [3.63, 3.8) is 0 Å². The smallest absolute Gasteiger partial charge is 0.0581 e. The minimum absolute atomic E-state index is 0.146. The summed E-state index contributed by atoms with van der Waals surface area (Å²) in [5, 5.41) is 3.50. The highest BCUT2D eigenvalue weighted by Gasteiger charge is 2.41. The minimum Gasteiger partial charge on any atom is -0.329 e. The number of hydrogen-bond acceptors (Lipinski definition) is 2. The lowest BCUT2D eigenvalue weighted by Gasteiger charge is -2.30. The maximum Gasteiger partial charge on any atom is 0.0581 e. The van der Waals surface area contributed by atoms with Gasteiger partial charge < -0.3 is 5.73 Å². The summed E-state index contributed by atoms with van der Waals surface area (Å²) >= 11 is 0. The molecular weight excluding hydrogens is 172 g/mol. The fourth-order valence-electron chi connectivity index (χ4n) is 2.39. The molecule has 0 aromatic carbocycles. The van der Waals surface area contributed by atoms with Crippen LogP contribution in [0.1, 0.15) is 40.0 Å². The molecule has 1 fully saturated rings. The maximum absolute atomic E-state index is 5.86. The lowest BCUT2D eigenvalue weighted by atomic mass is 9.87. The van der Waals surface area contributed by atoms with Crippen LogP contribution in [0.2, 0.25) is 0 Å². The Bertz CT molecular complexity index is 247. The van der Waals surface area contributed by atoms with Crippen LogP contribution >= 0.6 is 0 Å². The second-order valence-electron chi connectivity index (χ2n) is 5.11. The zero-order valence-electron chi connectivity index (χ0n) is 9.61. The van der Waals surface area contributed by atoms with Gasteiger partial charge in [0.2, 0.25) is 0 Å². The molecule has 2 nitrogen and oxygen atoms in total. The highest BCUT2D eigenvalue weighted by atomic mass is 15.0. The van der Waals surface area contributed by atoms with E-state index in [1.54, 1.807) is 0 Å². The molecule has 0 saturated heterocycles. The summed E-state index contributed by atoms with van der Waals surface area (Å²) < 4.78 is 0. The topological polar surface area (TPSA) is 38.0 Å². The average Bonchev–Trinajstić information content (AvgIpc) is 2.44. The summed E-state index contributed by atoms with van der Waals surface area (Å²) in [5.41, 5.74) is 6.44. The molecule has 3 N–H and O–H groups in total. The van der Waals surface area contributed by atoms with Crippen molar-refractivity contribution in [2.75, 3.05) is 13.1 Å². The molecule has 1 atom stereocenters. The number of nitrogens with two attached hydrogens (primary N) is 1. The molecule has 1 unspecified atom stereocenters. The zero-order valence-corrected chi connectivity index (χ0v) is 9.61. The lowest BCUT2D eigenvalue weighted by Crippen LogP contribution is -2.49. The molecular formula is C12H22N2. The third-order valence-corrected chi connectivity index (χ3v) is 3.22. The summed E-state index contributed by atoms with van der Waals surface area (Å²) in [4.78, 5) is 0. The zero-order chi connectivity index (χ0) is 10.7. The molecule has 0 aromatic rings. The van der Waals surface area contributed by atoms with Crippen LogP contribution in [0.15, 0.2) is 0 Å². The van der Waals surface area contributed by atoms with Gasteiger partial charge in [0.25, 0.3) is 0 Å². The van der Waals surface area contributed by atoms with E-state index < -0.39 is 0 Å². The molecule has 1 rings (SSSR count). The van der Waals surface area contributed by atoms with Crippen LogP contribution < -0.4 is 11.1 Å². The molecule has 0 radical (unpaired) electrons. The summed E-state index contributed by atoms with van der Waals surface area (Å²) in [7, 11) is 0. The average molecular weight is 194 g/mol. The van der Waals surface area contributed by atoms with Gasteiger partial charge in [-0.2, -0.15) is 0 Å². The van der Waals surface area contributed by atoms with E-state index in [1.165, 1.54) is 19.3 Å². The molecule has 0 amide bonds. The van der Waals surface area contributed by atoms with Gasteiger partial charge in [0.05, 0.1) is 6.54 Å². The first-order valence-corrected chi connectivity index (χ1v) is 5.38. The van der Waals surface area contributed by atoms with Gasteiger partial charge in [-0.15, -0.1) is 5.92 Å². The van der Waals surface area contributed by atoms with E-state index in [0.29, 0.717) is 5.41 Å². The van der Waals surface area contributed by atoms with Crippen molar-refractivity contribution >= 4 is 0 Å². The molecule has 1 saturated carbocycles. The molecule has 1 aliphatic carbocycles. The normalized spacial score (nSPS) is 29.7. The summed E-state index contributed by atoms with van der Waals surface area (Å²) in [6, 6.07) is 0. The van der Waals surface area contributed by atoms with Gasteiger partial charge in [0.15, 0.2) is 0 Å². The Balaban J connectivity index is 2.54. The van der Waals surface area contributed by atoms with Crippen molar-refractivity contribution in [3.8, 4) is 11.8 Å². The fourth-order valence-corrected chi connectivity index (χ4v) is 2.39. The van der Waals surface area contributed by atoms with E-state index in [0.717, 1.165) is 13.1 Å². The molecule has 0 spiro atoms. The molecule has 1 aliphatic rings. The molecule has 2 heteroatoms. The molecule has 0 aliphatic heterocycles. The second-order valence-corrected chi connectivity index (χ2v) is 5.11. The molecule has 0 aromatic heterocycles. The standard InChI is InChI=1S/C12H22N2/c1-4-5-8-14-12(10-13)7-6-11(2,3)9-12/h14H,6-10,13H2,1-3H3. The van der Waals surface area contributed by atoms with E-state index in [4.69, 9.17) is 5.73 Å². The van der Waals surface area contributed by atoms with Crippen LogP contribution in [0.5, 0.6) is 0 Å². The number of rotatable bonds is 3. The van der Waals surface area contributed by atoms with Crippen LogP contribution in [-0.4, -0.2) is 18.6 Å². The third-order valence-electron chi connectivity index (χ3n) is 3.22. The van der Waals surface area contributed by atoms with Gasteiger partial charge >= 0.3 is 0 Å². The van der Waals surface area contributed by atoms with Gasteiger partial charge in [-0.3, -0.25) is 5.32 Å². The molecule has 80 valence electrons. The van der Waals surface area contributed by atoms with Crippen LogP contribution in [0.25, 0.3) is 0 Å². The van der Waals surface area contributed by atoms with Crippen molar-refractivity contribution in [2.24, 2.45) is 11.1 Å². The van der Waals surface area contributed by atoms with E-state index in [-0.39, 0.29) is 5.54 Å². The van der Waals surface area contributed by atoms with Gasteiger partial charge in [0, 0.05) is 12.1 Å². The number of nitrogens with one attached hydrogen (secondary N) is 1. The van der Waals surface area contributed by atoms with Crippen LogP contribution in [0.4, 0.5) is 0 Å². The van der Waals surface area contributed by atoms with Crippen LogP contribution in [0, 0.1) is 17.3 Å². The molecule has 0 heterocycles. The van der Waals surface area contributed by atoms with E-state index in [1.807, 2.05) is 6.92 Å². The fraction of sp³-hybridized carbons (Fsp3) is 0.833. The van der Waals surface area contributed by atoms with Gasteiger partial charge in [0.1, 0.15) is 0 Å². The van der Waals surface area contributed by atoms with Crippen molar-refractivity contribution in [3.05, 3.63) is 0 Å². The van der Waals surface area contributed by atoms with Crippen molar-refractivity contribution in [2.45, 2.75) is 45.6 Å². The van der Waals surface area contributed by atoms with E-state index in [2.05, 4.69) is 31.0 Å². The van der Waals surface area contributed by atoms with Gasteiger partial charge in [-0.05, 0) is 31.6 Å². The van der Waals surface area contributed by atoms with Crippen molar-refractivity contribution in [1.29, 1.82) is 0 Å². The first-order valence-electron chi connectivity index (χ1n) is 5.38. The quantitative estimate of drug-likeness (QED) is 0.668. The van der Waals surface area contributed by atoms with Gasteiger partial charge in [-0.25, -0.2) is 0 Å². The van der Waals surface area contributed by atoms with Crippen LogP contribution in [-0.2, 0) is 0 Å². The predicted molar refractivity (Wildman–Crippen MR) is 60.9 cm³/mol. The monoisotopic (exact) mass is 194 g/mol. The summed E-state index contributed by atoms with van der Waals surface area (Å²) in [6.07, 6.45) is 3.61. The second kappa shape index (κ2) is 4.33. The molecule has 0 bridgehead atoms. The van der Waals surface area contributed by atoms with Crippen LogP contribution in [0.3, 0.4) is 0 Å². The lowest BCUT2D eigenvalue weighted by molar-refractivity contribution is 0.300. The largest absolute Gasteiger partial charge is 0.329 e. The summed E-state index contributed by atoms with van der Waals surface area (Å²) in [6.45, 7) is 8.00. The number of hydrogen-bond donors (Lipinski definition) is 2. The SMILES string of the molecule is CC#CCNC1(CN)CCC(C)(C)C1. The Hall–Kier alpha value is -0.520. The Morgan fingerprint density at radius 2 is 2.07 bits per heavy atom. The Morgan fingerprint density at radius 1 is 1.36 bits per heavy atom. The first kappa shape index (κ1) is 11.6. The highest BCUT2D eigenvalue weighted by molar-refractivity contribution is 5.05. The van der Waals surface area contributed by atoms with E-state index >= 15 is 0 Å². The minimum atomic E-state index is 0.146. The first-order chi connectivity index (χ1) is 6.54. The molecule has 14 heavy (non-hydrogen) atoms. The summed E-state index contributed by atoms with van der Waals surface area (Å²) in [5.74, 6) is 5.95. The third kappa shape index (κ3) is 2.73. The van der Waals surface area contributed by atoms with E-state index in [9.17, 15) is 0 Å².